The lowest BCUT2D eigenvalue weighted by atomic mass is 10.1. The lowest BCUT2D eigenvalue weighted by Crippen LogP contribution is -2.24. The average Bonchev–Trinajstić information content (AvgIpc) is 3.16. The molecule has 0 aliphatic carbocycles. The van der Waals surface area contributed by atoms with Gasteiger partial charge < -0.3 is 10.2 Å². The molecule has 0 saturated heterocycles. The molecule has 4 rings (SSSR count). The molecular formula is C24H25N5O. The molecule has 1 N–H and O–H groups in total. The Morgan fingerprint density at radius 2 is 1.63 bits per heavy atom. The molecule has 0 radical (unpaired) electrons. The maximum atomic E-state index is 12.6. The fourth-order valence-electron chi connectivity index (χ4n) is 3.47. The van der Waals surface area contributed by atoms with Crippen LogP contribution in [0.25, 0.3) is 11.0 Å². The highest BCUT2D eigenvalue weighted by Crippen LogP contribution is 2.14. The van der Waals surface area contributed by atoms with Crippen molar-refractivity contribution in [1.29, 1.82) is 0 Å². The van der Waals surface area contributed by atoms with Crippen LogP contribution in [0.4, 0.5) is 0 Å². The number of nitrogens with zero attached hydrogens (tertiary/aromatic N) is 4. The Morgan fingerprint density at radius 1 is 0.933 bits per heavy atom. The molecule has 0 aliphatic rings. The van der Waals surface area contributed by atoms with Crippen molar-refractivity contribution in [2.75, 3.05) is 14.1 Å². The first-order valence-electron chi connectivity index (χ1n) is 9.97. The van der Waals surface area contributed by atoms with E-state index in [2.05, 4.69) is 32.7 Å². The van der Waals surface area contributed by atoms with Gasteiger partial charge in [0.15, 0.2) is 0 Å². The molecule has 30 heavy (non-hydrogen) atoms. The molecule has 3 aromatic carbocycles. The summed E-state index contributed by atoms with van der Waals surface area (Å²) in [6.45, 7) is 1.97. The van der Waals surface area contributed by atoms with E-state index in [1.807, 2.05) is 79.4 Å². The second kappa shape index (κ2) is 8.88. The standard InChI is InChI=1S/C24H25N5O/c1-28(2)17-21-8-4-3-7-20(21)15-25-24(30)19-13-11-18(12-14-19)16-29-23-10-6-5-9-22(23)26-27-29/h3-14H,15-17H2,1-2H3,(H,25,30). The summed E-state index contributed by atoms with van der Waals surface area (Å²) in [7, 11) is 4.08. The summed E-state index contributed by atoms with van der Waals surface area (Å²) >= 11 is 0. The van der Waals surface area contributed by atoms with Gasteiger partial charge in [-0.1, -0.05) is 53.7 Å². The van der Waals surface area contributed by atoms with Gasteiger partial charge in [0.2, 0.25) is 0 Å². The molecule has 0 aliphatic heterocycles. The van der Waals surface area contributed by atoms with E-state index in [0.29, 0.717) is 18.7 Å². The van der Waals surface area contributed by atoms with E-state index in [4.69, 9.17) is 0 Å². The molecule has 6 heteroatoms. The van der Waals surface area contributed by atoms with Crippen LogP contribution in [0.1, 0.15) is 27.0 Å². The van der Waals surface area contributed by atoms with Gasteiger partial charge in [0.05, 0.1) is 12.1 Å². The van der Waals surface area contributed by atoms with Crippen molar-refractivity contribution in [2.24, 2.45) is 0 Å². The third-order valence-corrected chi connectivity index (χ3v) is 5.01. The van der Waals surface area contributed by atoms with Gasteiger partial charge in [-0.25, -0.2) is 4.68 Å². The number of carbonyl (C=O) groups excluding carboxylic acids is 1. The number of hydrogen-bond acceptors (Lipinski definition) is 4. The summed E-state index contributed by atoms with van der Waals surface area (Å²) in [6.07, 6.45) is 0. The molecule has 0 unspecified atom stereocenters. The normalized spacial score (nSPS) is 11.2. The summed E-state index contributed by atoms with van der Waals surface area (Å²) in [4.78, 5) is 14.7. The number of hydrogen-bond donors (Lipinski definition) is 1. The third-order valence-electron chi connectivity index (χ3n) is 5.01. The molecular weight excluding hydrogens is 374 g/mol. The lowest BCUT2D eigenvalue weighted by molar-refractivity contribution is 0.0951. The lowest BCUT2D eigenvalue weighted by Gasteiger charge is -2.14. The second-order valence-corrected chi connectivity index (χ2v) is 7.62. The maximum absolute atomic E-state index is 12.6. The van der Waals surface area contributed by atoms with Gasteiger partial charge in [-0.15, -0.1) is 5.10 Å². The summed E-state index contributed by atoms with van der Waals surface area (Å²) in [5, 5.41) is 11.4. The van der Waals surface area contributed by atoms with Gasteiger partial charge >= 0.3 is 0 Å². The molecule has 1 amide bonds. The van der Waals surface area contributed by atoms with Crippen molar-refractivity contribution in [3.8, 4) is 0 Å². The Morgan fingerprint density at radius 3 is 2.40 bits per heavy atom. The molecule has 0 bridgehead atoms. The molecule has 0 atom stereocenters. The van der Waals surface area contributed by atoms with Gasteiger partial charge in [0, 0.05) is 18.7 Å². The Kier molecular flexibility index (Phi) is 5.86. The summed E-state index contributed by atoms with van der Waals surface area (Å²) in [5.41, 5.74) is 5.94. The van der Waals surface area contributed by atoms with Gasteiger partial charge in [0.1, 0.15) is 5.52 Å². The smallest absolute Gasteiger partial charge is 0.251 e. The molecule has 152 valence electrons. The van der Waals surface area contributed by atoms with Crippen molar-refractivity contribution in [1.82, 2.24) is 25.2 Å². The molecule has 0 saturated carbocycles. The largest absolute Gasteiger partial charge is 0.348 e. The number of amides is 1. The van der Waals surface area contributed by atoms with Crippen LogP contribution in [0.3, 0.4) is 0 Å². The van der Waals surface area contributed by atoms with E-state index >= 15 is 0 Å². The van der Waals surface area contributed by atoms with Crippen molar-refractivity contribution >= 4 is 16.9 Å². The van der Waals surface area contributed by atoms with Crippen LogP contribution in [-0.4, -0.2) is 39.9 Å². The molecule has 1 aromatic heterocycles. The zero-order valence-corrected chi connectivity index (χ0v) is 17.2. The van der Waals surface area contributed by atoms with Crippen LogP contribution in [0.5, 0.6) is 0 Å². The molecule has 4 aromatic rings. The van der Waals surface area contributed by atoms with Crippen LogP contribution in [0.15, 0.2) is 72.8 Å². The number of fused-ring (bicyclic) bond motifs is 1. The fraction of sp³-hybridized carbons (Fsp3) is 0.208. The molecule has 0 fully saturated rings. The van der Waals surface area contributed by atoms with E-state index in [-0.39, 0.29) is 5.91 Å². The first kappa shape index (κ1) is 19.8. The van der Waals surface area contributed by atoms with E-state index in [9.17, 15) is 4.79 Å². The van der Waals surface area contributed by atoms with E-state index in [0.717, 1.165) is 28.7 Å². The van der Waals surface area contributed by atoms with Crippen molar-refractivity contribution in [3.63, 3.8) is 0 Å². The van der Waals surface area contributed by atoms with Crippen LogP contribution >= 0.6 is 0 Å². The maximum Gasteiger partial charge on any atom is 0.251 e. The monoisotopic (exact) mass is 399 g/mol. The van der Waals surface area contributed by atoms with Gasteiger partial charge in [-0.3, -0.25) is 4.79 Å². The predicted octanol–water partition coefficient (Wildman–Crippen LogP) is 3.47. The Hall–Kier alpha value is -3.51. The summed E-state index contributed by atoms with van der Waals surface area (Å²) < 4.78 is 1.87. The van der Waals surface area contributed by atoms with Crippen LogP contribution in [0.2, 0.25) is 0 Å². The van der Waals surface area contributed by atoms with Crippen LogP contribution in [0, 0.1) is 0 Å². The minimum atomic E-state index is -0.0765. The van der Waals surface area contributed by atoms with Crippen molar-refractivity contribution < 1.29 is 4.79 Å². The third kappa shape index (κ3) is 4.55. The second-order valence-electron chi connectivity index (χ2n) is 7.62. The Balaban J connectivity index is 1.40. The van der Waals surface area contributed by atoms with E-state index < -0.39 is 0 Å². The first-order chi connectivity index (χ1) is 14.6. The van der Waals surface area contributed by atoms with Crippen LogP contribution in [-0.2, 0) is 19.6 Å². The number of carbonyl (C=O) groups is 1. The zero-order chi connectivity index (χ0) is 20.9. The highest BCUT2D eigenvalue weighted by Gasteiger charge is 2.09. The number of nitrogens with one attached hydrogen (secondary N) is 1. The van der Waals surface area contributed by atoms with Crippen molar-refractivity contribution in [2.45, 2.75) is 19.6 Å². The molecule has 1 heterocycles. The predicted molar refractivity (Wildman–Crippen MR) is 118 cm³/mol. The zero-order valence-electron chi connectivity index (χ0n) is 17.2. The minimum absolute atomic E-state index is 0.0765. The number of aromatic nitrogens is 3. The Bertz CT molecular complexity index is 1150. The first-order valence-corrected chi connectivity index (χ1v) is 9.97. The average molecular weight is 399 g/mol. The topological polar surface area (TPSA) is 63.1 Å². The quantitative estimate of drug-likeness (QED) is 0.517. The Labute approximate surface area is 176 Å². The highest BCUT2D eigenvalue weighted by atomic mass is 16.1. The number of benzene rings is 3. The van der Waals surface area contributed by atoms with Gasteiger partial charge in [-0.2, -0.15) is 0 Å². The van der Waals surface area contributed by atoms with Crippen molar-refractivity contribution in [3.05, 3.63) is 95.1 Å². The van der Waals surface area contributed by atoms with Crippen LogP contribution < -0.4 is 5.32 Å². The fourth-order valence-corrected chi connectivity index (χ4v) is 3.47. The SMILES string of the molecule is CN(C)Cc1ccccc1CNC(=O)c1ccc(Cn2nnc3ccccc32)cc1. The highest BCUT2D eigenvalue weighted by molar-refractivity contribution is 5.94. The van der Waals surface area contributed by atoms with Gasteiger partial charge in [0.25, 0.3) is 5.91 Å². The number of rotatable bonds is 7. The molecule has 0 spiro atoms. The number of para-hydroxylation sites is 1. The van der Waals surface area contributed by atoms with E-state index in [1.165, 1.54) is 5.56 Å². The molecule has 6 nitrogen and oxygen atoms in total. The summed E-state index contributed by atoms with van der Waals surface area (Å²) in [5.74, 6) is -0.0765. The van der Waals surface area contributed by atoms with Gasteiger partial charge in [-0.05, 0) is 55.1 Å². The van der Waals surface area contributed by atoms with E-state index in [1.54, 1.807) is 0 Å². The minimum Gasteiger partial charge on any atom is -0.348 e. The summed E-state index contributed by atoms with van der Waals surface area (Å²) in [6, 6.07) is 23.7.